The van der Waals surface area contributed by atoms with Gasteiger partial charge >= 0.3 is 0 Å². The number of carbonyl (C=O) groups excluding carboxylic acids is 1. The minimum Gasteiger partial charge on any atom is -0.326 e. The summed E-state index contributed by atoms with van der Waals surface area (Å²) in [7, 11) is -3.73. The molecule has 0 aliphatic heterocycles. The molecule has 0 saturated heterocycles. The van der Waals surface area contributed by atoms with Crippen molar-refractivity contribution in [2.75, 3.05) is 5.32 Å². The highest BCUT2D eigenvalue weighted by Crippen LogP contribution is 2.38. The van der Waals surface area contributed by atoms with Gasteiger partial charge in [-0.3, -0.25) is 4.79 Å². The van der Waals surface area contributed by atoms with Crippen molar-refractivity contribution in [3.63, 3.8) is 0 Å². The predicted molar refractivity (Wildman–Crippen MR) is 63.7 cm³/mol. The molecule has 3 N–H and O–H groups in total. The lowest BCUT2D eigenvalue weighted by Crippen LogP contribution is -2.16. The standard InChI is InChI=1S/C11H14N2O3S/c1-7-5-10(7)11(14)13-8-3-2-4-9(6-8)17(12,15)16/h2-4,6-7,10H,5H2,1H3,(H,13,14)(H2,12,15,16). The predicted octanol–water partition coefficient (Wildman–Crippen LogP) is 0.929. The number of primary sulfonamides is 1. The number of anilines is 1. The minimum absolute atomic E-state index is 0.000791. The van der Waals surface area contributed by atoms with Crippen molar-refractivity contribution >= 4 is 21.6 Å². The molecule has 2 rings (SSSR count). The molecule has 92 valence electrons. The van der Waals surface area contributed by atoms with Gasteiger partial charge in [0.15, 0.2) is 0 Å². The summed E-state index contributed by atoms with van der Waals surface area (Å²) in [6, 6.07) is 5.94. The van der Waals surface area contributed by atoms with Gasteiger partial charge in [-0.1, -0.05) is 13.0 Å². The van der Waals surface area contributed by atoms with E-state index in [1.165, 1.54) is 12.1 Å². The fraction of sp³-hybridized carbons (Fsp3) is 0.364. The maximum Gasteiger partial charge on any atom is 0.238 e. The van der Waals surface area contributed by atoms with Crippen molar-refractivity contribution in [2.24, 2.45) is 17.0 Å². The molecule has 5 nitrogen and oxygen atoms in total. The van der Waals surface area contributed by atoms with Gasteiger partial charge in [-0.25, -0.2) is 13.6 Å². The van der Waals surface area contributed by atoms with E-state index < -0.39 is 10.0 Å². The van der Waals surface area contributed by atoms with E-state index in [0.29, 0.717) is 11.6 Å². The molecule has 0 radical (unpaired) electrons. The third-order valence-electron chi connectivity index (χ3n) is 2.88. The number of rotatable bonds is 3. The SMILES string of the molecule is CC1CC1C(=O)Nc1cccc(S(N)(=O)=O)c1. The Labute approximate surface area is 100 Å². The van der Waals surface area contributed by atoms with E-state index in [2.05, 4.69) is 5.32 Å². The minimum atomic E-state index is -3.73. The molecular weight excluding hydrogens is 240 g/mol. The Kier molecular flexibility index (Phi) is 2.92. The Morgan fingerprint density at radius 1 is 1.47 bits per heavy atom. The van der Waals surface area contributed by atoms with E-state index in [-0.39, 0.29) is 16.7 Å². The van der Waals surface area contributed by atoms with Crippen molar-refractivity contribution in [2.45, 2.75) is 18.2 Å². The fourth-order valence-corrected chi connectivity index (χ4v) is 2.23. The number of amides is 1. The van der Waals surface area contributed by atoms with Crippen LogP contribution in [0.5, 0.6) is 0 Å². The lowest BCUT2D eigenvalue weighted by Gasteiger charge is -2.05. The molecule has 1 aliphatic rings. The number of benzene rings is 1. The summed E-state index contributed by atoms with van der Waals surface area (Å²) in [6.45, 7) is 2.00. The summed E-state index contributed by atoms with van der Waals surface area (Å²) in [6.07, 6.45) is 0.890. The molecule has 1 saturated carbocycles. The van der Waals surface area contributed by atoms with Gasteiger partial charge < -0.3 is 5.32 Å². The average Bonchev–Trinajstić information content (AvgIpc) is 2.95. The zero-order valence-corrected chi connectivity index (χ0v) is 10.2. The zero-order chi connectivity index (χ0) is 12.6. The van der Waals surface area contributed by atoms with E-state index in [1.807, 2.05) is 6.92 Å². The summed E-state index contributed by atoms with van der Waals surface area (Å²) < 4.78 is 22.3. The van der Waals surface area contributed by atoms with Crippen LogP contribution in [0.25, 0.3) is 0 Å². The van der Waals surface area contributed by atoms with Crippen LogP contribution in [0, 0.1) is 11.8 Å². The van der Waals surface area contributed by atoms with Crippen molar-refractivity contribution in [3.8, 4) is 0 Å². The van der Waals surface area contributed by atoms with Crippen LogP contribution < -0.4 is 10.5 Å². The monoisotopic (exact) mass is 254 g/mol. The van der Waals surface area contributed by atoms with Crippen LogP contribution in [0.4, 0.5) is 5.69 Å². The summed E-state index contributed by atoms with van der Waals surface area (Å²) in [5.74, 6) is 0.397. The number of hydrogen-bond donors (Lipinski definition) is 2. The first-order chi connectivity index (χ1) is 7.88. The summed E-state index contributed by atoms with van der Waals surface area (Å²) in [5.41, 5.74) is 0.459. The second-order valence-electron chi connectivity index (χ2n) is 4.38. The number of carbonyl (C=O) groups is 1. The highest BCUT2D eigenvalue weighted by Gasteiger charge is 2.39. The zero-order valence-electron chi connectivity index (χ0n) is 9.38. The van der Waals surface area contributed by atoms with E-state index in [0.717, 1.165) is 6.42 Å². The van der Waals surface area contributed by atoms with Crippen molar-refractivity contribution in [1.29, 1.82) is 0 Å². The Hall–Kier alpha value is -1.40. The van der Waals surface area contributed by atoms with Crippen molar-refractivity contribution in [3.05, 3.63) is 24.3 Å². The Morgan fingerprint density at radius 2 is 2.12 bits per heavy atom. The number of hydrogen-bond acceptors (Lipinski definition) is 3. The van der Waals surface area contributed by atoms with Crippen LogP contribution in [0.1, 0.15) is 13.3 Å². The molecule has 1 aromatic carbocycles. The topological polar surface area (TPSA) is 89.3 Å². The maximum absolute atomic E-state index is 11.7. The first kappa shape index (κ1) is 12.1. The normalized spacial score (nSPS) is 23.2. The molecule has 0 aromatic heterocycles. The van der Waals surface area contributed by atoms with Gasteiger partial charge in [-0.05, 0) is 30.5 Å². The van der Waals surface area contributed by atoms with Crippen molar-refractivity contribution in [1.82, 2.24) is 0 Å². The largest absolute Gasteiger partial charge is 0.326 e. The van der Waals surface area contributed by atoms with Crippen LogP contribution in [0.3, 0.4) is 0 Å². The van der Waals surface area contributed by atoms with Gasteiger partial charge in [0.05, 0.1) is 4.90 Å². The molecule has 0 spiro atoms. The van der Waals surface area contributed by atoms with Gasteiger partial charge in [0.2, 0.25) is 15.9 Å². The van der Waals surface area contributed by atoms with Crippen LogP contribution in [-0.4, -0.2) is 14.3 Å². The van der Waals surface area contributed by atoms with Crippen molar-refractivity contribution < 1.29 is 13.2 Å². The van der Waals surface area contributed by atoms with Gasteiger partial charge in [-0.15, -0.1) is 0 Å². The highest BCUT2D eigenvalue weighted by molar-refractivity contribution is 7.89. The number of nitrogens with one attached hydrogen (secondary N) is 1. The summed E-state index contributed by atoms with van der Waals surface area (Å²) in [4.78, 5) is 11.7. The average molecular weight is 254 g/mol. The molecule has 1 amide bonds. The Balaban J connectivity index is 2.14. The molecule has 0 bridgehead atoms. The second-order valence-corrected chi connectivity index (χ2v) is 5.94. The highest BCUT2D eigenvalue weighted by atomic mass is 32.2. The maximum atomic E-state index is 11.7. The molecular formula is C11H14N2O3S. The molecule has 1 aromatic rings. The first-order valence-corrected chi connectivity index (χ1v) is 6.86. The van der Waals surface area contributed by atoms with Crippen LogP contribution in [0.2, 0.25) is 0 Å². The quantitative estimate of drug-likeness (QED) is 0.840. The first-order valence-electron chi connectivity index (χ1n) is 5.31. The van der Waals surface area contributed by atoms with E-state index >= 15 is 0 Å². The smallest absolute Gasteiger partial charge is 0.238 e. The third-order valence-corrected chi connectivity index (χ3v) is 3.79. The molecule has 1 fully saturated rings. The summed E-state index contributed by atoms with van der Waals surface area (Å²) in [5, 5.41) is 7.70. The lowest BCUT2D eigenvalue weighted by molar-refractivity contribution is -0.117. The van der Waals surface area contributed by atoms with Gasteiger partial charge in [-0.2, -0.15) is 0 Å². The number of sulfonamides is 1. The van der Waals surface area contributed by atoms with Gasteiger partial charge in [0.1, 0.15) is 0 Å². The van der Waals surface area contributed by atoms with Crippen LogP contribution in [0.15, 0.2) is 29.2 Å². The van der Waals surface area contributed by atoms with Gasteiger partial charge in [0.25, 0.3) is 0 Å². The Morgan fingerprint density at radius 3 is 2.65 bits per heavy atom. The third kappa shape index (κ3) is 2.83. The molecule has 2 atom stereocenters. The number of nitrogens with two attached hydrogens (primary N) is 1. The van der Waals surface area contributed by atoms with E-state index in [9.17, 15) is 13.2 Å². The Bertz CT molecular complexity index is 554. The summed E-state index contributed by atoms with van der Waals surface area (Å²) >= 11 is 0. The fourth-order valence-electron chi connectivity index (χ4n) is 1.67. The molecule has 17 heavy (non-hydrogen) atoms. The van der Waals surface area contributed by atoms with E-state index in [4.69, 9.17) is 5.14 Å². The van der Waals surface area contributed by atoms with E-state index in [1.54, 1.807) is 12.1 Å². The van der Waals surface area contributed by atoms with Crippen LogP contribution in [-0.2, 0) is 14.8 Å². The molecule has 2 unspecified atom stereocenters. The molecule has 0 heterocycles. The second kappa shape index (κ2) is 4.12. The van der Waals surface area contributed by atoms with Crippen LogP contribution >= 0.6 is 0 Å². The molecule has 6 heteroatoms. The molecule has 1 aliphatic carbocycles. The van der Waals surface area contributed by atoms with Gasteiger partial charge in [0, 0.05) is 11.6 Å². The lowest BCUT2D eigenvalue weighted by atomic mass is 10.3.